The lowest BCUT2D eigenvalue weighted by atomic mass is 9.95. The van der Waals surface area contributed by atoms with Crippen LogP contribution in [0.3, 0.4) is 0 Å². The fourth-order valence-corrected chi connectivity index (χ4v) is 2.69. The molecule has 3 nitrogen and oxygen atoms in total. The molecule has 2 rings (SSSR count). The highest BCUT2D eigenvalue weighted by atomic mass is 16.3. The molecule has 16 heavy (non-hydrogen) atoms. The molecule has 1 saturated carbocycles. The lowest BCUT2D eigenvalue weighted by molar-refractivity contribution is 0.140. The average molecular weight is 222 g/mol. The number of aliphatic hydroxyl groups excluding tert-OH is 1. The molecule has 1 aliphatic carbocycles. The van der Waals surface area contributed by atoms with Crippen LogP contribution in [0.15, 0.2) is 12.4 Å². The number of aliphatic hydroxyl groups is 1. The van der Waals surface area contributed by atoms with Gasteiger partial charge in [-0.15, -0.1) is 0 Å². The van der Waals surface area contributed by atoms with Crippen molar-refractivity contribution < 1.29 is 5.11 Å². The smallest absolute Gasteiger partial charge is 0.108 e. The summed E-state index contributed by atoms with van der Waals surface area (Å²) in [4.78, 5) is 4.42. The van der Waals surface area contributed by atoms with Crippen molar-refractivity contribution in [3.63, 3.8) is 0 Å². The summed E-state index contributed by atoms with van der Waals surface area (Å²) >= 11 is 0. The molecule has 1 aromatic heterocycles. The van der Waals surface area contributed by atoms with E-state index >= 15 is 0 Å². The Bertz CT molecular complexity index is 321. The van der Waals surface area contributed by atoms with E-state index in [9.17, 15) is 5.11 Å². The normalized spacial score (nSPS) is 26.6. The molecule has 1 aliphatic rings. The molecule has 0 aliphatic heterocycles. The van der Waals surface area contributed by atoms with E-state index in [1.807, 2.05) is 12.4 Å². The summed E-state index contributed by atoms with van der Waals surface area (Å²) < 4.78 is 2.21. The maximum Gasteiger partial charge on any atom is 0.108 e. The van der Waals surface area contributed by atoms with Crippen LogP contribution in [0.25, 0.3) is 0 Å². The molecule has 1 fully saturated rings. The molecule has 2 unspecified atom stereocenters. The highest BCUT2D eigenvalue weighted by Crippen LogP contribution is 2.25. The molecule has 0 aromatic carbocycles. The summed E-state index contributed by atoms with van der Waals surface area (Å²) in [5.74, 6) is 1.80. The molecule has 2 atom stereocenters. The van der Waals surface area contributed by atoms with Crippen LogP contribution in [-0.2, 0) is 13.0 Å². The van der Waals surface area contributed by atoms with Gasteiger partial charge >= 0.3 is 0 Å². The maximum atomic E-state index is 9.79. The van der Waals surface area contributed by atoms with Crippen molar-refractivity contribution in [1.29, 1.82) is 0 Å². The predicted octanol–water partition coefficient (Wildman–Crippen LogP) is 2.39. The average Bonchev–Trinajstić information content (AvgIpc) is 2.61. The van der Waals surface area contributed by atoms with Crippen LogP contribution in [0.1, 0.15) is 44.9 Å². The number of aryl methyl sites for hydroxylation is 1. The Kier molecular flexibility index (Phi) is 3.99. The first-order chi connectivity index (χ1) is 7.79. The molecular formula is C13H22N2O. The first-order valence-corrected chi connectivity index (χ1v) is 6.47. The van der Waals surface area contributed by atoms with Crippen LogP contribution in [0.4, 0.5) is 0 Å². The first-order valence-electron chi connectivity index (χ1n) is 6.47. The van der Waals surface area contributed by atoms with Crippen molar-refractivity contribution in [3.05, 3.63) is 18.2 Å². The minimum Gasteiger partial charge on any atom is -0.393 e. The van der Waals surface area contributed by atoms with Crippen LogP contribution in [0.2, 0.25) is 0 Å². The SMILES string of the molecule is CCn1ccnc1CC1CCCCC(O)C1. The fraction of sp³-hybridized carbons (Fsp3) is 0.769. The van der Waals surface area contributed by atoms with E-state index in [-0.39, 0.29) is 6.10 Å². The molecule has 0 amide bonds. The first kappa shape index (κ1) is 11.6. The molecule has 1 heterocycles. The Balaban J connectivity index is 1.97. The van der Waals surface area contributed by atoms with Gasteiger partial charge in [-0.05, 0) is 32.1 Å². The van der Waals surface area contributed by atoms with Crippen molar-refractivity contribution in [2.24, 2.45) is 5.92 Å². The second kappa shape index (κ2) is 5.48. The van der Waals surface area contributed by atoms with Gasteiger partial charge in [-0.1, -0.05) is 12.8 Å². The number of hydrogen-bond acceptors (Lipinski definition) is 2. The zero-order valence-corrected chi connectivity index (χ0v) is 10.1. The molecular weight excluding hydrogens is 200 g/mol. The summed E-state index contributed by atoms with van der Waals surface area (Å²) in [7, 11) is 0. The highest BCUT2D eigenvalue weighted by molar-refractivity contribution is 4.94. The van der Waals surface area contributed by atoms with Gasteiger partial charge in [0.05, 0.1) is 6.10 Å². The Morgan fingerprint density at radius 3 is 3.06 bits per heavy atom. The molecule has 1 aromatic rings. The Morgan fingerprint density at radius 2 is 2.25 bits per heavy atom. The van der Waals surface area contributed by atoms with Gasteiger partial charge in [0.2, 0.25) is 0 Å². The second-order valence-electron chi connectivity index (χ2n) is 4.87. The largest absolute Gasteiger partial charge is 0.393 e. The summed E-state index contributed by atoms with van der Waals surface area (Å²) in [5, 5.41) is 9.79. The minimum atomic E-state index is -0.0856. The van der Waals surface area contributed by atoms with E-state index < -0.39 is 0 Å². The minimum absolute atomic E-state index is 0.0856. The van der Waals surface area contributed by atoms with E-state index in [2.05, 4.69) is 16.5 Å². The third kappa shape index (κ3) is 2.85. The van der Waals surface area contributed by atoms with Crippen LogP contribution >= 0.6 is 0 Å². The van der Waals surface area contributed by atoms with Gasteiger partial charge in [0.1, 0.15) is 5.82 Å². The quantitative estimate of drug-likeness (QED) is 0.797. The number of aromatic nitrogens is 2. The summed E-state index contributed by atoms with van der Waals surface area (Å²) in [5.41, 5.74) is 0. The van der Waals surface area contributed by atoms with Gasteiger partial charge < -0.3 is 9.67 Å². The molecule has 0 radical (unpaired) electrons. The maximum absolute atomic E-state index is 9.79. The Morgan fingerprint density at radius 1 is 1.44 bits per heavy atom. The van der Waals surface area contributed by atoms with Crippen molar-refractivity contribution >= 4 is 0 Å². The van der Waals surface area contributed by atoms with E-state index in [0.29, 0.717) is 5.92 Å². The molecule has 1 N–H and O–H groups in total. The molecule has 0 spiro atoms. The van der Waals surface area contributed by atoms with Crippen LogP contribution < -0.4 is 0 Å². The van der Waals surface area contributed by atoms with Crippen molar-refractivity contribution in [2.75, 3.05) is 0 Å². The Hall–Kier alpha value is -0.830. The van der Waals surface area contributed by atoms with Gasteiger partial charge in [0.15, 0.2) is 0 Å². The molecule has 3 heteroatoms. The van der Waals surface area contributed by atoms with Crippen molar-refractivity contribution in [1.82, 2.24) is 9.55 Å². The topological polar surface area (TPSA) is 38.0 Å². The number of rotatable bonds is 3. The van der Waals surface area contributed by atoms with E-state index in [4.69, 9.17) is 0 Å². The summed E-state index contributed by atoms with van der Waals surface area (Å²) in [6.07, 6.45) is 10.5. The zero-order chi connectivity index (χ0) is 11.4. The van der Waals surface area contributed by atoms with E-state index in [1.54, 1.807) is 0 Å². The molecule has 0 saturated heterocycles. The third-order valence-electron chi connectivity index (χ3n) is 3.62. The highest BCUT2D eigenvalue weighted by Gasteiger charge is 2.20. The van der Waals surface area contributed by atoms with Crippen LogP contribution in [0, 0.1) is 5.92 Å². The summed E-state index contributed by atoms with van der Waals surface area (Å²) in [6.45, 7) is 3.14. The number of imidazole rings is 1. The van der Waals surface area contributed by atoms with Crippen LogP contribution in [-0.4, -0.2) is 20.8 Å². The fourth-order valence-electron chi connectivity index (χ4n) is 2.69. The molecule has 0 bridgehead atoms. The zero-order valence-electron chi connectivity index (χ0n) is 10.1. The predicted molar refractivity (Wildman–Crippen MR) is 64.2 cm³/mol. The second-order valence-corrected chi connectivity index (χ2v) is 4.87. The number of nitrogens with zero attached hydrogens (tertiary/aromatic N) is 2. The standard InChI is InChI=1S/C13H22N2O/c1-2-15-8-7-14-13(15)10-11-5-3-4-6-12(16)9-11/h7-8,11-12,16H,2-6,9-10H2,1H3. The van der Waals surface area contributed by atoms with E-state index in [1.165, 1.54) is 25.1 Å². The van der Waals surface area contributed by atoms with Gasteiger partial charge in [-0.25, -0.2) is 4.98 Å². The number of hydrogen-bond donors (Lipinski definition) is 1. The van der Waals surface area contributed by atoms with Gasteiger partial charge in [0, 0.05) is 25.4 Å². The third-order valence-corrected chi connectivity index (χ3v) is 3.62. The van der Waals surface area contributed by atoms with Gasteiger partial charge in [-0.2, -0.15) is 0 Å². The lowest BCUT2D eigenvalue weighted by Gasteiger charge is -2.16. The molecule has 90 valence electrons. The lowest BCUT2D eigenvalue weighted by Crippen LogP contribution is -2.15. The summed E-state index contributed by atoms with van der Waals surface area (Å²) in [6, 6.07) is 0. The van der Waals surface area contributed by atoms with Crippen molar-refractivity contribution in [3.8, 4) is 0 Å². The van der Waals surface area contributed by atoms with Gasteiger partial charge in [-0.3, -0.25) is 0 Å². The van der Waals surface area contributed by atoms with Crippen LogP contribution in [0.5, 0.6) is 0 Å². The van der Waals surface area contributed by atoms with E-state index in [0.717, 1.165) is 25.8 Å². The van der Waals surface area contributed by atoms with Crippen molar-refractivity contribution in [2.45, 2.75) is 58.1 Å². The monoisotopic (exact) mass is 222 g/mol. The Labute approximate surface area is 97.5 Å². The van der Waals surface area contributed by atoms with Gasteiger partial charge in [0.25, 0.3) is 0 Å².